The molecule has 0 amide bonds. The van der Waals surface area contributed by atoms with Crippen LogP contribution in [0.25, 0.3) is 76.5 Å². The van der Waals surface area contributed by atoms with E-state index in [2.05, 4.69) is 177 Å². The van der Waals surface area contributed by atoms with Gasteiger partial charge in [0, 0.05) is 43.4 Å². The Morgan fingerprint density at radius 1 is 0.426 bits per heavy atom. The summed E-state index contributed by atoms with van der Waals surface area (Å²) in [5, 5.41) is 7.61. The minimum Gasteiger partial charge on any atom is -0.354 e. The van der Waals surface area contributed by atoms with E-state index < -0.39 is 0 Å². The number of hydrogen-bond donors (Lipinski definition) is 1. The van der Waals surface area contributed by atoms with Crippen LogP contribution in [0.5, 0.6) is 0 Å². The number of aromatic amines is 1. The fourth-order valence-corrected chi connectivity index (χ4v) is 7.60. The van der Waals surface area contributed by atoms with E-state index >= 15 is 0 Å². The molecule has 3 heteroatoms. The highest BCUT2D eigenvalue weighted by molar-refractivity contribution is 6.15. The number of aromatic nitrogens is 3. The van der Waals surface area contributed by atoms with Crippen molar-refractivity contribution in [3.05, 3.63) is 132 Å². The number of fused-ring (bicyclic) bond motifs is 9. The molecule has 3 aromatic heterocycles. The Hall–Kier alpha value is -5.28. The largest absolute Gasteiger partial charge is 0.354 e. The summed E-state index contributed by atoms with van der Waals surface area (Å²) in [6.07, 6.45) is 0. The van der Waals surface area contributed by atoms with Crippen molar-refractivity contribution >= 4 is 65.4 Å². The van der Waals surface area contributed by atoms with E-state index in [9.17, 15) is 0 Å². The Balaban J connectivity index is 1.39. The zero-order chi connectivity index (χ0) is 32.2. The van der Waals surface area contributed by atoms with Gasteiger partial charge in [0.15, 0.2) is 0 Å². The van der Waals surface area contributed by atoms with Crippen LogP contribution in [0.3, 0.4) is 0 Å². The molecule has 3 nitrogen and oxygen atoms in total. The van der Waals surface area contributed by atoms with Crippen molar-refractivity contribution in [2.24, 2.45) is 0 Å². The first-order valence-corrected chi connectivity index (χ1v) is 16.7. The molecule has 0 fully saturated rings. The molecule has 0 bridgehead atoms. The van der Waals surface area contributed by atoms with Crippen LogP contribution in [0.1, 0.15) is 52.7 Å². The maximum atomic E-state index is 3.73. The summed E-state index contributed by atoms with van der Waals surface area (Å²) in [6, 6.07) is 45.2. The van der Waals surface area contributed by atoms with Gasteiger partial charge in [-0.15, -0.1) is 0 Å². The molecule has 9 rings (SSSR count). The Labute approximate surface area is 275 Å². The summed E-state index contributed by atoms with van der Waals surface area (Å²) >= 11 is 0. The predicted octanol–water partition coefficient (Wildman–Crippen LogP) is 12.1. The average molecular weight is 610 g/mol. The predicted molar refractivity (Wildman–Crippen MR) is 202 cm³/mol. The number of H-pyrrole nitrogens is 1. The number of para-hydroxylation sites is 3. The van der Waals surface area contributed by atoms with Crippen molar-refractivity contribution in [3.63, 3.8) is 0 Å². The van der Waals surface area contributed by atoms with Crippen LogP contribution in [0, 0.1) is 0 Å². The molecule has 3 heterocycles. The molecule has 0 aliphatic carbocycles. The summed E-state index contributed by atoms with van der Waals surface area (Å²) in [5.74, 6) is 0. The third-order valence-electron chi connectivity index (χ3n) is 10.2. The molecule has 9 aromatic rings. The summed E-state index contributed by atoms with van der Waals surface area (Å²) in [5.41, 5.74) is 12.4. The van der Waals surface area contributed by atoms with Gasteiger partial charge < -0.3 is 4.98 Å². The molecule has 47 heavy (non-hydrogen) atoms. The van der Waals surface area contributed by atoms with Gasteiger partial charge in [0.25, 0.3) is 0 Å². The summed E-state index contributed by atoms with van der Waals surface area (Å²) in [6.45, 7) is 13.8. The summed E-state index contributed by atoms with van der Waals surface area (Å²) in [4.78, 5) is 3.73. The maximum Gasteiger partial charge on any atom is 0.0722 e. The van der Waals surface area contributed by atoms with Crippen molar-refractivity contribution in [2.45, 2.75) is 52.4 Å². The van der Waals surface area contributed by atoms with Gasteiger partial charge in [0.05, 0.1) is 27.6 Å². The second kappa shape index (κ2) is 9.62. The van der Waals surface area contributed by atoms with E-state index in [1.54, 1.807) is 0 Å². The van der Waals surface area contributed by atoms with E-state index in [0.29, 0.717) is 0 Å². The molecule has 6 aromatic carbocycles. The standard InChI is InChI=1S/C44H39N3/c1-43(2,3)28-19-22-39-35(25-28)36-26-29(44(4,5)6)20-23-40(36)46(39)47-38-17-10-8-13-32(38)33-21-18-27(24-41(33)47)30-14-11-15-34-31-12-7-9-16-37(31)45-42(30)34/h7-26,45H,1-6H3. The number of hydrogen-bond acceptors (Lipinski definition) is 0. The molecule has 0 saturated carbocycles. The summed E-state index contributed by atoms with van der Waals surface area (Å²) in [7, 11) is 0. The van der Waals surface area contributed by atoms with Crippen LogP contribution in [-0.4, -0.2) is 14.3 Å². The Morgan fingerprint density at radius 3 is 1.66 bits per heavy atom. The van der Waals surface area contributed by atoms with Crippen LogP contribution >= 0.6 is 0 Å². The fraction of sp³-hybridized carbons (Fsp3) is 0.182. The van der Waals surface area contributed by atoms with Crippen LogP contribution < -0.4 is 0 Å². The zero-order valence-corrected chi connectivity index (χ0v) is 27.9. The quantitative estimate of drug-likeness (QED) is 0.202. The number of nitrogens with one attached hydrogen (secondary N) is 1. The highest BCUT2D eigenvalue weighted by atomic mass is 15.5. The number of rotatable bonds is 2. The van der Waals surface area contributed by atoms with Gasteiger partial charge in [-0.1, -0.05) is 120 Å². The number of nitrogens with zero attached hydrogens (tertiary/aromatic N) is 2. The van der Waals surface area contributed by atoms with Gasteiger partial charge in [0.1, 0.15) is 0 Å². The van der Waals surface area contributed by atoms with Crippen LogP contribution in [0.15, 0.2) is 121 Å². The molecular formula is C44H39N3. The number of benzene rings is 6. The topological polar surface area (TPSA) is 25.6 Å². The average Bonchev–Trinajstić information content (AvgIpc) is 3.70. The monoisotopic (exact) mass is 609 g/mol. The van der Waals surface area contributed by atoms with Gasteiger partial charge in [-0.3, -0.25) is 0 Å². The lowest BCUT2D eigenvalue weighted by atomic mass is 9.85. The minimum atomic E-state index is 0.0512. The van der Waals surface area contributed by atoms with Crippen molar-refractivity contribution in [1.82, 2.24) is 14.3 Å². The molecule has 0 aliphatic heterocycles. The third kappa shape index (κ3) is 4.12. The molecule has 0 radical (unpaired) electrons. The first kappa shape index (κ1) is 28.0. The van der Waals surface area contributed by atoms with Gasteiger partial charge >= 0.3 is 0 Å². The second-order valence-electron chi connectivity index (χ2n) is 15.2. The van der Waals surface area contributed by atoms with Crippen LogP contribution in [-0.2, 0) is 10.8 Å². The molecule has 0 atom stereocenters. The minimum absolute atomic E-state index is 0.0512. The lowest BCUT2D eigenvalue weighted by Crippen LogP contribution is -2.12. The first-order valence-electron chi connectivity index (χ1n) is 16.7. The van der Waals surface area contributed by atoms with Crippen LogP contribution in [0.4, 0.5) is 0 Å². The Morgan fingerprint density at radius 2 is 0.979 bits per heavy atom. The Bertz CT molecular complexity index is 2630. The smallest absolute Gasteiger partial charge is 0.0722 e. The SMILES string of the molecule is CC(C)(C)c1ccc2c(c1)c1cc(C(C)(C)C)ccc1n2-n1c2ccccc2c2ccc(-c3cccc4c3[nH]c3ccccc34)cc21. The molecule has 0 spiro atoms. The van der Waals surface area contributed by atoms with E-state index in [4.69, 9.17) is 0 Å². The zero-order valence-electron chi connectivity index (χ0n) is 27.9. The van der Waals surface area contributed by atoms with Gasteiger partial charge in [-0.2, -0.15) is 0 Å². The van der Waals surface area contributed by atoms with Gasteiger partial charge in [0.2, 0.25) is 0 Å². The highest BCUT2D eigenvalue weighted by Crippen LogP contribution is 2.40. The molecule has 0 saturated heterocycles. The maximum absolute atomic E-state index is 3.73. The summed E-state index contributed by atoms with van der Waals surface area (Å²) < 4.78 is 4.92. The molecule has 230 valence electrons. The first-order chi connectivity index (χ1) is 22.6. The van der Waals surface area contributed by atoms with E-state index in [1.807, 2.05) is 0 Å². The lowest BCUT2D eigenvalue weighted by Gasteiger charge is -2.19. The third-order valence-corrected chi connectivity index (χ3v) is 10.2. The lowest BCUT2D eigenvalue weighted by molar-refractivity contribution is 0.590. The van der Waals surface area contributed by atoms with Crippen LogP contribution in [0.2, 0.25) is 0 Å². The van der Waals surface area contributed by atoms with Gasteiger partial charge in [-0.25, -0.2) is 9.35 Å². The molecule has 1 N–H and O–H groups in total. The van der Waals surface area contributed by atoms with Gasteiger partial charge in [-0.05, 0) is 70.0 Å². The van der Waals surface area contributed by atoms with E-state index in [0.717, 1.165) is 0 Å². The van der Waals surface area contributed by atoms with Crippen molar-refractivity contribution in [3.8, 4) is 11.1 Å². The highest BCUT2D eigenvalue weighted by Gasteiger charge is 2.23. The van der Waals surface area contributed by atoms with Crippen molar-refractivity contribution < 1.29 is 0 Å². The molecular weight excluding hydrogens is 571 g/mol. The van der Waals surface area contributed by atoms with Crippen molar-refractivity contribution in [2.75, 3.05) is 0 Å². The van der Waals surface area contributed by atoms with E-state index in [-0.39, 0.29) is 10.8 Å². The second-order valence-corrected chi connectivity index (χ2v) is 15.2. The molecule has 0 unspecified atom stereocenters. The fourth-order valence-electron chi connectivity index (χ4n) is 7.60. The Kier molecular flexibility index (Phi) is 5.73. The molecule has 0 aliphatic rings. The van der Waals surface area contributed by atoms with Crippen molar-refractivity contribution in [1.29, 1.82) is 0 Å². The normalized spacial score (nSPS) is 12.9. The van der Waals surface area contributed by atoms with E-state index in [1.165, 1.54) is 87.7 Å².